The van der Waals surface area contributed by atoms with Crippen LogP contribution in [-0.2, 0) is 15.6 Å². The van der Waals surface area contributed by atoms with Crippen LogP contribution < -0.4 is 14.2 Å². The van der Waals surface area contributed by atoms with Gasteiger partial charge in [-0.05, 0) is 31.2 Å². The molecule has 0 amide bonds. The summed E-state index contributed by atoms with van der Waals surface area (Å²) in [6.45, 7) is 2.34. The smallest absolute Gasteiger partial charge is 0.213 e. The molecule has 0 bridgehead atoms. The zero-order chi connectivity index (χ0) is 23.6. The van der Waals surface area contributed by atoms with Gasteiger partial charge in [0.25, 0.3) is 0 Å². The lowest BCUT2D eigenvalue weighted by Crippen LogP contribution is -2.06. The van der Waals surface area contributed by atoms with Crippen molar-refractivity contribution in [2.45, 2.75) is 12.7 Å². The van der Waals surface area contributed by atoms with Crippen molar-refractivity contribution >= 4 is 21.0 Å². The molecule has 4 aromatic rings. The minimum atomic E-state index is -3.32. The predicted molar refractivity (Wildman–Crippen MR) is 123 cm³/mol. The van der Waals surface area contributed by atoms with Gasteiger partial charge in [0.05, 0.1) is 37.8 Å². The Hall–Kier alpha value is -3.73. The van der Waals surface area contributed by atoms with Crippen molar-refractivity contribution in [1.29, 1.82) is 0 Å². The third-order valence-corrected chi connectivity index (χ3v) is 5.57. The number of sulfone groups is 1. The van der Waals surface area contributed by atoms with Crippen LogP contribution in [-0.4, -0.2) is 60.2 Å². The van der Waals surface area contributed by atoms with E-state index in [1.807, 2.05) is 19.1 Å². The molecule has 0 spiro atoms. The minimum absolute atomic E-state index is 0.252. The minimum Gasteiger partial charge on any atom is -0.494 e. The van der Waals surface area contributed by atoms with E-state index in [9.17, 15) is 8.42 Å². The molecule has 0 unspecified atom stereocenters. The topological polar surface area (TPSA) is 118 Å². The van der Waals surface area contributed by atoms with Crippen LogP contribution in [0.2, 0.25) is 0 Å². The molecular formula is C22H23N5O5S. The molecule has 0 aliphatic heterocycles. The van der Waals surface area contributed by atoms with Crippen molar-refractivity contribution in [2.24, 2.45) is 0 Å². The van der Waals surface area contributed by atoms with E-state index in [-0.39, 0.29) is 5.75 Å². The Morgan fingerprint density at radius 2 is 1.67 bits per heavy atom. The molecule has 0 aliphatic carbocycles. The van der Waals surface area contributed by atoms with Crippen molar-refractivity contribution in [3.63, 3.8) is 0 Å². The van der Waals surface area contributed by atoms with E-state index in [1.54, 1.807) is 49.1 Å². The number of ether oxygens (including phenoxy) is 3. The largest absolute Gasteiger partial charge is 0.494 e. The normalized spacial score (nSPS) is 11.5. The Morgan fingerprint density at radius 1 is 0.970 bits per heavy atom. The second kappa shape index (κ2) is 9.02. The molecule has 0 fully saturated rings. The zero-order valence-electron chi connectivity index (χ0n) is 18.6. The molecule has 0 N–H and O–H groups in total. The monoisotopic (exact) mass is 469 g/mol. The lowest BCUT2D eigenvalue weighted by molar-refractivity contribution is 0.327. The molecule has 0 atom stereocenters. The van der Waals surface area contributed by atoms with Crippen molar-refractivity contribution in [3.8, 4) is 34.6 Å². The molecule has 4 rings (SSSR count). The van der Waals surface area contributed by atoms with Crippen LogP contribution in [0.5, 0.6) is 17.4 Å². The standard InChI is InChI=1S/C22H23N5O5S/c1-5-32-19-11-6-8-15(23-19)22-24-21-16(12-14(25-26-21)13-33(4,28)29)27(22)20-17(30-2)9-7-10-18(20)31-3/h6-12H,5,13H2,1-4H3. The van der Waals surface area contributed by atoms with Crippen LogP contribution in [0.4, 0.5) is 0 Å². The number of hydrogen-bond donors (Lipinski definition) is 0. The molecule has 172 valence electrons. The molecule has 3 aromatic heterocycles. The van der Waals surface area contributed by atoms with Crippen LogP contribution in [0.3, 0.4) is 0 Å². The summed E-state index contributed by atoms with van der Waals surface area (Å²) >= 11 is 0. The van der Waals surface area contributed by atoms with Gasteiger partial charge < -0.3 is 14.2 Å². The van der Waals surface area contributed by atoms with Gasteiger partial charge >= 0.3 is 0 Å². The molecular weight excluding hydrogens is 446 g/mol. The number of benzene rings is 1. The summed E-state index contributed by atoms with van der Waals surface area (Å²) in [6.07, 6.45) is 1.15. The molecule has 0 saturated heterocycles. The summed E-state index contributed by atoms with van der Waals surface area (Å²) in [4.78, 5) is 9.24. The maximum atomic E-state index is 11.9. The predicted octanol–water partition coefficient (Wildman–Crippen LogP) is 2.84. The second-order valence-electron chi connectivity index (χ2n) is 7.19. The van der Waals surface area contributed by atoms with E-state index in [2.05, 4.69) is 20.2 Å². The van der Waals surface area contributed by atoms with Crippen molar-refractivity contribution < 1.29 is 22.6 Å². The number of aromatic nitrogens is 5. The summed E-state index contributed by atoms with van der Waals surface area (Å²) in [7, 11) is -0.206. The number of pyridine rings is 1. The summed E-state index contributed by atoms with van der Waals surface area (Å²) in [6, 6.07) is 12.4. The number of hydrogen-bond acceptors (Lipinski definition) is 9. The highest BCUT2D eigenvalue weighted by molar-refractivity contribution is 7.89. The molecule has 0 radical (unpaired) electrons. The summed E-state index contributed by atoms with van der Waals surface area (Å²) in [5, 5.41) is 8.23. The first-order chi connectivity index (χ1) is 15.8. The highest BCUT2D eigenvalue weighted by atomic mass is 32.2. The van der Waals surface area contributed by atoms with Gasteiger partial charge in [-0.25, -0.2) is 18.4 Å². The lowest BCUT2D eigenvalue weighted by atomic mass is 10.2. The van der Waals surface area contributed by atoms with Crippen LogP contribution in [0.25, 0.3) is 28.4 Å². The Morgan fingerprint density at radius 3 is 2.30 bits per heavy atom. The first-order valence-electron chi connectivity index (χ1n) is 10.1. The number of methoxy groups -OCH3 is 2. The highest BCUT2D eigenvalue weighted by Gasteiger charge is 2.23. The number of rotatable bonds is 8. The molecule has 10 nitrogen and oxygen atoms in total. The van der Waals surface area contributed by atoms with Gasteiger partial charge in [0.1, 0.15) is 22.9 Å². The van der Waals surface area contributed by atoms with Gasteiger partial charge in [-0.3, -0.25) is 4.57 Å². The van der Waals surface area contributed by atoms with Crippen molar-refractivity contribution in [1.82, 2.24) is 24.7 Å². The average molecular weight is 470 g/mol. The van der Waals surface area contributed by atoms with Gasteiger partial charge in [0, 0.05) is 12.3 Å². The molecule has 0 saturated carbocycles. The molecule has 33 heavy (non-hydrogen) atoms. The van der Waals surface area contributed by atoms with Crippen LogP contribution >= 0.6 is 0 Å². The summed E-state index contributed by atoms with van der Waals surface area (Å²) < 4.78 is 42.3. The molecule has 11 heteroatoms. The van der Waals surface area contributed by atoms with E-state index in [1.165, 1.54) is 0 Å². The first kappa shape index (κ1) is 22.5. The molecule has 0 aliphatic rings. The molecule has 1 aromatic carbocycles. The van der Waals surface area contributed by atoms with Gasteiger partial charge in [0.15, 0.2) is 15.7 Å². The van der Waals surface area contributed by atoms with Crippen molar-refractivity contribution in [3.05, 3.63) is 48.2 Å². The van der Waals surface area contributed by atoms with Gasteiger partial charge in [-0.2, -0.15) is 5.10 Å². The average Bonchev–Trinajstić information content (AvgIpc) is 3.16. The SMILES string of the molecule is CCOc1cccc(-c2nc3nnc(CS(C)(=O)=O)cc3n2-c2c(OC)cccc2OC)n1. The van der Waals surface area contributed by atoms with E-state index < -0.39 is 9.84 Å². The Balaban J connectivity index is 2.06. The fourth-order valence-corrected chi connectivity index (χ4v) is 4.16. The Labute approximate surface area is 191 Å². The fourth-order valence-electron chi connectivity index (χ4n) is 3.48. The fraction of sp³-hybridized carbons (Fsp3) is 0.273. The second-order valence-corrected chi connectivity index (χ2v) is 9.33. The number of para-hydroxylation sites is 1. The quantitative estimate of drug-likeness (QED) is 0.384. The van der Waals surface area contributed by atoms with Gasteiger partial charge in [-0.15, -0.1) is 5.10 Å². The Kier molecular flexibility index (Phi) is 6.14. The van der Waals surface area contributed by atoms with E-state index >= 15 is 0 Å². The van der Waals surface area contributed by atoms with E-state index in [4.69, 9.17) is 14.2 Å². The number of fused-ring (bicyclic) bond motifs is 1. The van der Waals surface area contributed by atoms with Crippen LogP contribution in [0.15, 0.2) is 42.5 Å². The third-order valence-electron chi connectivity index (χ3n) is 4.75. The maximum Gasteiger partial charge on any atom is 0.213 e. The van der Waals surface area contributed by atoms with Crippen LogP contribution in [0, 0.1) is 0 Å². The van der Waals surface area contributed by atoms with Gasteiger partial charge in [0.2, 0.25) is 11.5 Å². The third kappa shape index (κ3) is 4.58. The van der Waals surface area contributed by atoms with Crippen LogP contribution in [0.1, 0.15) is 12.6 Å². The number of nitrogens with zero attached hydrogens (tertiary/aromatic N) is 5. The van der Waals surface area contributed by atoms with E-state index in [0.717, 1.165) is 6.26 Å². The highest BCUT2D eigenvalue weighted by Crippen LogP contribution is 2.38. The zero-order valence-corrected chi connectivity index (χ0v) is 19.5. The first-order valence-corrected chi connectivity index (χ1v) is 12.1. The molecule has 3 heterocycles. The van der Waals surface area contributed by atoms with Crippen molar-refractivity contribution in [2.75, 3.05) is 27.1 Å². The van der Waals surface area contributed by atoms with Gasteiger partial charge in [-0.1, -0.05) is 12.1 Å². The Bertz CT molecular complexity index is 1400. The summed E-state index contributed by atoms with van der Waals surface area (Å²) in [5.74, 6) is 1.69. The number of imidazole rings is 1. The lowest BCUT2D eigenvalue weighted by Gasteiger charge is -2.16. The maximum absolute atomic E-state index is 11.9. The van der Waals surface area contributed by atoms with E-state index in [0.29, 0.717) is 58.0 Å². The summed E-state index contributed by atoms with van der Waals surface area (Å²) in [5.41, 5.74) is 2.24.